The number of nitrogens with zero attached hydrogens (tertiary/aromatic N) is 1. The lowest BCUT2D eigenvalue weighted by molar-refractivity contribution is -0.114. The first-order valence-electron chi connectivity index (χ1n) is 5.64. The molecule has 18 heavy (non-hydrogen) atoms. The van der Waals surface area contributed by atoms with Crippen molar-refractivity contribution in [2.75, 3.05) is 0 Å². The van der Waals surface area contributed by atoms with Crippen molar-refractivity contribution in [1.29, 1.82) is 0 Å². The number of hydrogen-bond donors (Lipinski definition) is 2. The number of carbonyl (C=O) groups excluding carboxylic acids is 2. The highest BCUT2D eigenvalue weighted by Gasteiger charge is 2.32. The minimum Gasteiger partial charge on any atom is -0.325 e. The van der Waals surface area contributed by atoms with Gasteiger partial charge in [-0.05, 0) is 19.4 Å². The molecule has 1 aliphatic rings. The molecule has 2 amide bonds. The predicted molar refractivity (Wildman–Crippen MR) is 67.1 cm³/mol. The summed E-state index contributed by atoms with van der Waals surface area (Å²) >= 11 is 0. The Balaban J connectivity index is 2.53. The SMILES string of the molecule is CC(=O)C1=C(C)N(N)C(=O)N[C@@H]1c1ccccc1. The zero-order valence-corrected chi connectivity index (χ0v) is 10.3. The predicted octanol–water partition coefficient (Wildman–Crippen LogP) is 1.49. The Kier molecular flexibility index (Phi) is 3.16. The van der Waals surface area contributed by atoms with E-state index in [4.69, 9.17) is 5.84 Å². The summed E-state index contributed by atoms with van der Waals surface area (Å²) in [5.41, 5.74) is 1.87. The van der Waals surface area contributed by atoms with Crippen LogP contribution in [0.3, 0.4) is 0 Å². The second-order valence-corrected chi connectivity index (χ2v) is 4.22. The van der Waals surface area contributed by atoms with E-state index in [-0.39, 0.29) is 5.78 Å². The Morgan fingerprint density at radius 1 is 1.33 bits per heavy atom. The first-order chi connectivity index (χ1) is 8.52. The number of carbonyl (C=O) groups is 2. The Morgan fingerprint density at radius 3 is 2.50 bits per heavy atom. The van der Waals surface area contributed by atoms with Crippen molar-refractivity contribution in [3.05, 3.63) is 47.2 Å². The van der Waals surface area contributed by atoms with Gasteiger partial charge in [0.25, 0.3) is 0 Å². The molecule has 3 N–H and O–H groups in total. The smallest absolute Gasteiger partial charge is 0.325 e. The van der Waals surface area contributed by atoms with Gasteiger partial charge in [0.15, 0.2) is 5.78 Å². The summed E-state index contributed by atoms with van der Waals surface area (Å²) < 4.78 is 0. The lowest BCUT2D eigenvalue weighted by atomic mass is 9.93. The molecule has 0 bridgehead atoms. The zero-order chi connectivity index (χ0) is 13.3. The molecule has 0 spiro atoms. The van der Waals surface area contributed by atoms with Crippen LogP contribution in [0.25, 0.3) is 0 Å². The molecule has 5 nitrogen and oxygen atoms in total. The maximum atomic E-state index is 11.8. The molecule has 0 aromatic heterocycles. The number of nitrogens with two attached hydrogens (primary N) is 1. The highest BCUT2D eigenvalue weighted by Crippen LogP contribution is 2.29. The average molecular weight is 245 g/mol. The molecule has 0 saturated heterocycles. The molecule has 0 radical (unpaired) electrons. The van der Waals surface area contributed by atoms with E-state index in [9.17, 15) is 9.59 Å². The standard InChI is InChI=1S/C13H15N3O2/c1-8-11(9(2)17)12(15-13(18)16(8)14)10-6-4-3-5-7-10/h3-7,12H,14H2,1-2H3,(H,15,18)/t12-/m1/s1. The van der Waals surface area contributed by atoms with Gasteiger partial charge in [-0.2, -0.15) is 0 Å². The molecule has 1 aromatic carbocycles. The molecule has 1 aromatic rings. The summed E-state index contributed by atoms with van der Waals surface area (Å²) in [4.78, 5) is 23.5. The summed E-state index contributed by atoms with van der Waals surface area (Å²) in [5.74, 6) is 5.50. The minimum atomic E-state index is -0.434. The second kappa shape index (κ2) is 4.62. The molecule has 1 atom stereocenters. The summed E-state index contributed by atoms with van der Waals surface area (Å²) in [5, 5.41) is 3.70. The zero-order valence-electron chi connectivity index (χ0n) is 10.3. The fourth-order valence-electron chi connectivity index (χ4n) is 2.11. The van der Waals surface area contributed by atoms with E-state index >= 15 is 0 Å². The summed E-state index contributed by atoms with van der Waals surface area (Å²) in [7, 11) is 0. The summed E-state index contributed by atoms with van der Waals surface area (Å²) in [6.45, 7) is 3.14. The Morgan fingerprint density at radius 2 is 1.94 bits per heavy atom. The van der Waals surface area contributed by atoms with E-state index < -0.39 is 12.1 Å². The van der Waals surface area contributed by atoms with E-state index in [0.29, 0.717) is 11.3 Å². The van der Waals surface area contributed by atoms with Crippen LogP contribution in [0, 0.1) is 0 Å². The molecule has 5 heteroatoms. The molecular weight excluding hydrogens is 230 g/mol. The molecule has 0 saturated carbocycles. The highest BCUT2D eigenvalue weighted by atomic mass is 16.2. The average Bonchev–Trinajstić information content (AvgIpc) is 2.36. The van der Waals surface area contributed by atoms with Crippen LogP contribution in [0.2, 0.25) is 0 Å². The van der Waals surface area contributed by atoms with Crippen molar-refractivity contribution in [2.24, 2.45) is 5.84 Å². The quantitative estimate of drug-likeness (QED) is 0.612. The molecule has 0 aliphatic carbocycles. The highest BCUT2D eigenvalue weighted by molar-refractivity contribution is 5.98. The van der Waals surface area contributed by atoms with Crippen LogP contribution in [0.1, 0.15) is 25.5 Å². The van der Waals surface area contributed by atoms with Crippen LogP contribution in [-0.2, 0) is 4.79 Å². The van der Waals surface area contributed by atoms with E-state index in [1.54, 1.807) is 6.92 Å². The Hall–Kier alpha value is -2.14. The van der Waals surface area contributed by atoms with Crippen molar-refractivity contribution >= 4 is 11.8 Å². The van der Waals surface area contributed by atoms with Gasteiger partial charge in [-0.25, -0.2) is 15.6 Å². The van der Waals surface area contributed by atoms with Gasteiger partial charge in [0.2, 0.25) is 0 Å². The largest absolute Gasteiger partial charge is 0.336 e. The number of urea groups is 1. The van der Waals surface area contributed by atoms with Crippen LogP contribution < -0.4 is 11.2 Å². The van der Waals surface area contributed by atoms with Crippen LogP contribution >= 0.6 is 0 Å². The van der Waals surface area contributed by atoms with Crippen LogP contribution in [0.15, 0.2) is 41.6 Å². The number of hydrogen-bond acceptors (Lipinski definition) is 3. The molecule has 2 rings (SSSR count). The fourth-order valence-corrected chi connectivity index (χ4v) is 2.11. The molecule has 0 unspecified atom stereocenters. The number of nitrogens with one attached hydrogen (secondary N) is 1. The van der Waals surface area contributed by atoms with Crippen LogP contribution in [-0.4, -0.2) is 16.8 Å². The third-order valence-corrected chi connectivity index (χ3v) is 3.04. The van der Waals surface area contributed by atoms with E-state index in [0.717, 1.165) is 10.6 Å². The summed E-state index contributed by atoms with van der Waals surface area (Å²) in [6, 6.07) is 8.50. The van der Waals surface area contributed by atoms with Gasteiger partial charge in [0.05, 0.1) is 6.04 Å². The molecule has 1 heterocycles. The topological polar surface area (TPSA) is 75.4 Å². The molecule has 0 fully saturated rings. The second-order valence-electron chi connectivity index (χ2n) is 4.22. The number of benzene rings is 1. The minimum absolute atomic E-state index is 0.100. The number of ketones is 1. The van der Waals surface area contributed by atoms with E-state index in [1.165, 1.54) is 6.92 Å². The van der Waals surface area contributed by atoms with Crippen molar-refractivity contribution in [2.45, 2.75) is 19.9 Å². The van der Waals surface area contributed by atoms with Crippen molar-refractivity contribution < 1.29 is 9.59 Å². The van der Waals surface area contributed by atoms with Gasteiger partial charge in [0, 0.05) is 11.3 Å². The Labute approximate surface area is 105 Å². The normalized spacial score (nSPS) is 19.8. The van der Waals surface area contributed by atoms with E-state index in [1.807, 2.05) is 30.3 Å². The van der Waals surface area contributed by atoms with Gasteiger partial charge in [-0.15, -0.1) is 0 Å². The number of amides is 2. The van der Waals surface area contributed by atoms with Crippen molar-refractivity contribution in [1.82, 2.24) is 10.3 Å². The van der Waals surface area contributed by atoms with Crippen LogP contribution in [0.5, 0.6) is 0 Å². The van der Waals surface area contributed by atoms with Gasteiger partial charge in [0.1, 0.15) is 0 Å². The van der Waals surface area contributed by atoms with Crippen LogP contribution in [0.4, 0.5) is 4.79 Å². The molecule has 1 aliphatic heterocycles. The lowest BCUT2D eigenvalue weighted by Gasteiger charge is -2.32. The van der Waals surface area contributed by atoms with E-state index in [2.05, 4.69) is 5.32 Å². The molecule has 94 valence electrons. The Bertz CT molecular complexity index is 522. The third kappa shape index (κ3) is 2.00. The summed E-state index contributed by atoms with van der Waals surface area (Å²) in [6.07, 6.45) is 0. The number of allylic oxidation sites excluding steroid dienone is 1. The lowest BCUT2D eigenvalue weighted by Crippen LogP contribution is -2.50. The number of hydrazine groups is 1. The van der Waals surface area contributed by atoms with Gasteiger partial charge >= 0.3 is 6.03 Å². The maximum Gasteiger partial charge on any atom is 0.336 e. The van der Waals surface area contributed by atoms with Gasteiger partial charge in [-0.1, -0.05) is 30.3 Å². The first kappa shape index (κ1) is 12.3. The molecular formula is C13H15N3O2. The number of rotatable bonds is 2. The maximum absolute atomic E-state index is 11.8. The fraction of sp³-hybridized carbons (Fsp3) is 0.231. The van der Waals surface area contributed by atoms with Gasteiger partial charge < -0.3 is 5.32 Å². The third-order valence-electron chi connectivity index (χ3n) is 3.04. The first-order valence-corrected chi connectivity index (χ1v) is 5.64. The van der Waals surface area contributed by atoms with Gasteiger partial charge in [-0.3, -0.25) is 4.79 Å². The van der Waals surface area contributed by atoms with Crippen molar-refractivity contribution in [3.8, 4) is 0 Å². The monoisotopic (exact) mass is 245 g/mol. The van der Waals surface area contributed by atoms with Crippen molar-refractivity contribution in [3.63, 3.8) is 0 Å². The number of Topliss-reactive ketones (excluding diaryl/α,β-unsaturated/α-hetero) is 1.